The van der Waals surface area contributed by atoms with Gasteiger partial charge < -0.3 is 10.4 Å². The molecule has 0 aliphatic heterocycles. The smallest absolute Gasteiger partial charge is 0.305 e. The van der Waals surface area contributed by atoms with Crippen LogP contribution < -0.4 is 10.9 Å². The summed E-state index contributed by atoms with van der Waals surface area (Å²) in [5, 5.41) is 10.7. The van der Waals surface area contributed by atoms with Gasteiger partial charge in [-0.2, -0.15) is 5.54 Å². The zero-order chi connectivity index (χ0) is 10.3. The SMILES string of the molecule is C=C(C)NC(=NCCC(=O)O)NF. The molecule has 0 fully saturated rings. The summed E-state index contributed by atoms with van der Waals surface area (Å²) in [6.45, 7) is 5.12. The Labute approximate surface area is 75.3 Å². The van der Waals surface area contributed by atoms with E-state index in [1.54, 1.807) is 6.92 Å². The molecule has 6 heteroatoms. The molecule has 0 amide bonds. The average molecular weight is 189 g/mol. The minimum atomic E-state index is -0.975. The van der Waals surface area contributed by atoms with Gasteiger partial charge in [-0.1, -0.05) is 6.58 Å². The highest BCUT2D eigenvalue weighted by Gasteiger charge is 1.98. The zero-order valence-electron chi connectivity index (χ0n) is 7.30. The number of nitrogens with one attached hydrogen (secondary N) is 2. The van der Waals surface area contributed by atoms with Gasteiger partial charge >= 0.3 is 5.97 Å². The van der Waals surface area contributed by atoms with Crippen molar-refractivity contribution < 1.29 is 14.4 Å². The van der Waals surface area contributed by atoms with Crippen LogP contribution in [0.3, 0.4) is 0 Å². The molecule has 13 heavy (non-hydrogen) atoms. The lowest BCUT2D eigenvalue weighted by molar-refractivity contribution is -0.136. The van der Waals surface area contributed by atoms with E-state index in [0.717, 1.165) is 0 Å². The molecule has 0 aromatic rings. The maximum absolute atomic E-state index is 11.9. The van der Waals surface area contributed by atoms with Crippen LogP contribution in [0.5, 0.6) is 0 Å². The molecule has 0 saturated heterocycles. The highest BCUT2D eigenvalue weighted by molar-refractivity contribution is 5.80. The molecular weight excluding hydrogens is 177 g/mol. The van der Waals surface area contributed by atoms with Gasteiger partial charge in [0.15, 0.2) is 0 Å². The Morgan fingerprint density at radius 3 is 2.69 bits per heavy atom. The molecule has 0 atom stereocenters. The number of carbonyl (C=O) groups is 1. The van der Waals surface area contributed by atoms with Crippen LogP contribution in [0, 0.1) is 0 Å². The van der Waals surface area contributed by atoms with E-state index >= 15 is 0 Å². The van der Waals surface area contributed by atoms with E-state index in [-0.39, 0.29) is 18.9 Å². The van der Waals surface area contributed by atoms with Gasteiger partial charge in [-0.3, -0.25) is 9.79 Å². The molecule has 0 aliphatic rings. The molecule has 0 heterocycles. The lowest BCUT2D eigenvalue weighted by Crippen LogP contribution is -2.31. The van der Waals surface area contributed by atoms with Crippen LogP contribution in [-0.4, -0.2) is 23.6 Å². The number of aliphatic imine (C=N–C) groups is 1. The van der Waals surface area contributed by atoms with Crippen LogP contribution >= 0.6 is 0 Å². The highest BCUT2D eigenvalue weighted by atomic mass is 19.2. The molecule has 3 N–H and O–H groups in total. The molecule has 0 unspecified atom stereocenters. The Morgan fingerprint density at radius 1 is 1.69 bits per heavy atom. The van der Waals surface area contributed by atoms with E-state index in [1.165, 1.54) is 5.54 Å². The van der Waals surface area contributed by atoms with Crippen molar-refractivity contribution in [3.63, 3.8) is 0 Å². The molecule has 0 aromatic carbocycles. The van der Waals surface area contributed by atoms with Crippen molar-refractivity contribution in [2.45, 2.75) is 13.3 Å². The number of nitrogens with zero attached hydrogens (tertiary/aromatic N) is 1. The lowest BCUT2D eigenvalue weighted by atomic mass is 10.4. The van der Waals surface area contributed by atoms with E-state index in [4.69, 9.17) is 5.11 Å². The molecule has 0 aliphatic carbocycles. The predicted octanol–water partition coefficient (Wildman–Crippen LogP) is 0.414. The summed E-state index contributed by atoms with van der Waals surface area (Å²) in [7, 11) is 0. The Morgan fingerprint density at radius 2 is 2.31 bits per heavy atom. The van der Waals surface area contributed by atoms with Crippen LogP contribution in [-0.2, 0) is 4.79 Å². The van der Waals surface area contributed by atoms with Crippen molar-refractivity contribution >= 4 is 11.9 Å². The van der Waals surface area contributed by atoms with Gasteiger partial charge in [-0.05, 0) is 6.92 Å². The first-order valence-corrected chi connectivity index (χ1v) is 3.61. The summed E-state index contributed by atoms with van der Waals surface area (Å²) < 4.78 is 11.9. The summed E-state index contributed by atoms with van der Waals surface area (Å²) in [5.41, 5.74) is 1.81. The molecule has 0 aromatic heterocycles. The standard InChI is InChI=1S/C7H12FN3O2/c1-5(2)10-7(11-8)9-4-3-6(12)13/h1,3-4H2,2H3,(H,12,13)(H2,9,10,11). The van der Waals surface area contributed by atoms with E-state index in [1.807, 2.05) is 0 Å². The fourth-order valence-corrected chi connectivity index (χ4v) is 0.559. The van der Waals surface area contributed by atoms with E-state index in [2.05, 4.69) is 16.9 Å². The van der Waals surface area contributed by atoms with Gasteiger partial charge in [0.2, 0.25) is 5.96 Å². The molecule has 0 spiro atoms. The third-order valence-electron chi connectivity index (χ3n) is 1.02. The van der Waals surface area contributed by atoms with Gasteiger partial charge in [0.05, 0.1) is 13.0 Å². The van der Waals surface area contributed by atoms with Crippen LogP contribution in [0.25, 0.3) is 0 Å². The first kappa shape index (κ1) is 11.4. The van der Waals surface area contributed by atoms with Gasteiger partial charge in [0.25, 0.3) is 0 Å². The maximum Gasteiger partial charge on any atom is 0.305 e. The van der Waals surface area contributed by atoms with Gasteiger partial charge in [0, 0.05) is 5.70 Å². The second-order valence-corrected chi connectivity index (χ2v) is 2.37. The lowest BCUT2D eigenvalue weighted by Gasteiger charge is -2.04. The van der Waals surface area contributed by atoms with Crippen molar-refractivity contribution in [2.24, 2.45) is 4.99 Å². The van der Waals surface area contributed by atoms with Crippen molar-refractivity contribution in [2.75, 3.05) is 6.54 Å². The second kappa shape index (κ2) is 5.99. The molecule has 0 rings (SSSR count). The minimum absolute atomic E-state index is 0.0157. The number of halogens is 1. The fourth-order valence-electron chi connectivity index (χ4n) is 0.559. The predicted molar refractivity (Wildman–Crippen MR) is 46.7 cm³/mol. The summed E-state index contributed by atoms with van der Waals surface area (Å²) >= 11 is 0. The summed E-state index contributed by atoms with van der Waals surface area (Å²) in [6, 6.07) is 0. The number of aliphatic carboxylic acids is 1. The number of hydrogen-bond donors (Lipinski definition) is 3. The van der Waals surface area contributed by atoms with Gasteiger partial charge in [-0.25, -0.2) is 0 Å². The summed E-state index contributed by atoms with van der Waals surface area (Å²) in [6.07, 6.45) is -0.136. The number of allylic oxidation sites excluding steroid dienone is 1. The molecule has 0 saturated carbocycles. The third-order valence-corrected chi connectivity index (χ3v) is 1.02. The Kier molecular flexibility index (Phi) is 5.25. The highest BCUT2D eigenvalue weighted by Crippen LogP contribution is 1.84. The molecule has 0 radical (unpaired) electrons. The van der Waals surface area contributed by atoms with E-state index < -0.39 is 5.97 Å². The Balaban J connectivity index is 3.92. The van der Waals surface area contributed by atoms with Crippen LogP contribution in [0.1, 0.15) is 13.3 Å². The van der Waals surface area contributed by atoms with Crippen molar-refractivity contribution in [1.29, 1.82) is 0 Å². The number of rotatable bonds is 4. The van der Waals surface area contributed by atoms with Gasteiger partial charge in [-0.15, -0.1) is 4.48 Å². The molecule has 74 valence electrons. The van der Waals surface area contributed by atoms with Crippen molar-refractivity contribution in [3.8, 4) is 0 Å². The van der Waals surface area contributed by atoms with Crippen LogP contribution in [0.2, 0.25) is 0 Å². The monoisotopic (exact) mass is 189 g/mol. The number of hydrogen-bond acceptors (Lipinski definition) is 2. The largest absolute Gasteiger partial charge is 0.481 e. The second-order valence-electron chi connectivity index (χ2n) is 2.37. The minimum Gasteiger partial charge on any atom is -0.481 e. The first-order valence-electron chi connectivity index (χ1n) is 3.61. The number of carboxylic acid groups (broad SMARTS) is 1. The normalized spacial score (nSPS) is 10.8. The number of guanidine groups is 1. The summed E-state index contributed by atoms with van der Waals surface area (Å²) in [4.78, 5) is 13.7. The zero-order valence-corrected chi connectivity index (χ0v) is 7.30. The maximum atomic E-state index is 11.9. The first-order chi connectivity index (χ1) is 6.06. The topological polar surface area (TPSA) is 73.7 Å². The van der Waals surface area contributed by atoms with Crippen LogP contribution in [0.4, 0.5) is 4.48 Å². The number of carboxylic acids is 1. The molecular formula is C7H12FN3O2. The molecule has 5 nitrogen and oxygen atoms in total. The Bertz CT molecular complexity index is 228. The third kappa shape index (κ3) is 6.79. The Hall–Kier alpha value is -1.59. The van der Waals surface area contributed by atoms with Crippen molar-refractivity contribution in [1.82, 2.24) is 10.9 Å². The van der Waals surface area contributed by atoms with E-state index in [9.17, 15) is 9.28 Å². The van der Waals surface area contributed by atoms with Gasteiger partial charge in [0.1, 0.15) is 0 Å². The van der Waals surface area contributed by atoms with Crippen molar-refractivity contribution in [3.05, 3.63) is 12.3 Å². The fraction of sp³-hybridized carbons (Fsp3) is 0.429. The summed E-state index contributed by atoms with van der Waals surface area (Å²) in [5.74, 6) is -1.11. The quantitative estimate of drug-likeness (QED) is 0.340. The van der Waals surface area contributed by atoms with E-state index in [0.29, 0.717) is 5.70 Å². The van der Waals surface area contributed by atoms with Crippen LogP contribution in [0.15, 0.2) is 17.3 Å². The average Bonchev–Trinajstić information content (AvgIpc) is 2.01. The molecule has 0 bridgehead atoms.